The van der Waals surface area contributed by atoms with E-state index in [1.807, 2.05) is 30.3 Å². The van der Waals surface area contributed by atoms with E-state index >= 15 is 0 Å². The number of pyridine rings is 1. The highest BCUT2D eigenvalue weighted by molar-refractivity contribution is 5.97. The van der Waals surface area contributed by atoms with Crippen molar-refractivity contribution in [1.29, 1.82) is 0 Å². The number of carboxylic acids is 1. The maximum absolute atomic E-state index is 13.3. The summed E-state index contributed by atoms with van der Waals surface area (Å²) < 4.78 is 5.00. The highest BCUT2D eigenvalue weighted by Gasteiger charge is 2.31. The molecule has 1 aromatic carbocycles. The molecule has 1 atom stereocenters. The molecule has 3 amide bonds. The van der Waals surface area contributed by atoms with Crippen LogP contribution in [0.4, 0.5) is 4.79 Å². The molecule has 1 fully saturated rings. The Morgan fingerprint density at radius 3 is 2.26 bits per heavy atom. The second-order valence-corrected chi connectivity index (χ2v) is 9.52. The summed E-state index contributed by atoms with van der Waals surface area (Å²) in [6.45, 7) is 6.11. The van der Waals surface area contributed by atoms with Crippen LogP contribution in [0.5, 0.6) is 0 Å². The number of piperazine rings is 1. The molecule has 11 nitrogen and oxygen atoms in total. The van der Waals surface area contributed by atoms with Crippen molar-refractivity contribution >= 4 is 23.9 Å². The third kappa shape index (κ3) is 7.51. The lowest BCUT2D eigenvalue weighted by Crippen LogP contribution is -2.56. The zero-order valence-corrected chi connectivity index (χ0v) is 21.8. The number of hydrogen-bond acceptors (Lipinski definition) is 7. The van der Waals surface area contributed by atoms with Gasteiger partial charge in [-0.05, 0) is 44.9 Å². The van der Waals surface area contributed by atoms with Gasteiger partial charge in [-0.15, -0.1) is 0 Å². The molecular weight excluding hydrogens is 492 g/mol. The van der Waals surface area contributed by atoms with Crippen molar-refractivity contribution in [3.63, 3.8) is 0 Å². The number of nitrogens with zero attached hydrogens (tertiary/aromatic N) is 3. The highest BCUT2D eigenvalue weighted by Crippen LogP contribution is 2.26. The monoisotopic (exact) mass is 526 g/mol. The number of carboxylic acid groups (broad SMARTS) is 1. The summed E-state index contributed by atoms with van der Waals surface area (Å²) in [6, 6.07) is 11.2. The van der Waals surface area contributed by atoms with E-state index in [-0.39, 0.29) is 51.3 Å². The van der Waals surface area contributed by atoms with Crippen molar-refractivity contribution in [3.8, 4) is 11.3 Å². The predicted octanol–water partition coefficient (Wildman–Crippen LogP) is 2.24. The molecule has 0 saturated carbocycles. The first-order valence-electron chi connectivity index (χ1n) is 12.5. The van der Waals surface area contributed by atoms with Gasteiger partial charge in [0.15, 0.2) is 0 Å². The Hall–Kier alpha value is -3.99. The van der Waals surface area contributed by atoms with Gasteiger partial charge in [0.2, 0.25) is 5.91 Å². The van der Waals surface area contributed by atoms with Gasteiger partial charge in [0, 0.05) is 38.2 Å². The van der Waals surface area contributed by atoms with Crippen LogP contribution in [0.1, 0.15) is 49.7 Å². The largest absolute Gasteiger partial charge is 0.481 e. The van der Waals surface area contributed by atoms with Crippen LogP contribution in [0, 0.1) is 0 Å². The van der Waals surface area contributed by atoms with Crippen molar-refractivity contribution < 1.29 is 34.1 Å². The molecule has 0 bridgehead atoms. The summed E-state index contributed by atoms with van der Waals surface area (Å²) in [6.07, 6.45) is -0.900. The molecule has 2 aromatic rings. The summed E-state index contributed by atoms with van der Waals surface area (Å²) in [7, 11) is 0. The number of ether oxygens (including phenoxy) is 1. The molecule has 3 rings (SSSR count). The molecule has 1 aromatic heterocycles. The average Bonchev–Trinajstić information content (AvgIpc) is 2.90. The van der Waals surface area contributed by atoms with Gasteiger partial charge in [0.25, 0.3) is 5.91 Å². The zero-order chi connectivity index (χ0) is 27.9. The minimum absolute atomic E-state index is 0.0104. The van der Waals surface area contributed by atoms with Crippen LogP contribution in [-0.2, 0) is 19.9 Å². The Morgan fingerprint density at radius 1 is 1.05 bits per heavy atom. The topological polar surface area (TPSA) is 149 Å². The molecule has 2 heterocycles. The van der Waals surface area contributed by atoms with Gasteiger partial charge in [0.05, 0.1) is 17.9 Å². The summed E-state index contributed by atoms with van der Waals surface area (Å²) in [5.74, 6) is -2.20. The number of nitrogens with one attached hydrogen (secondary N) is 1. The summed E-state index contributed by atoms with van der Waals surface area (Å²) in [5.41, 5.74) is 0.395. The number of amides is 3. The van der Waals surface area contributed by atoms with E-state index in [4.69, 9.17) is 4.74 Å². The van der Waals surface area contributed by atoms with E-state index in [1.54, 1.807) is 26.8 Å². The van der Waals surface area contributed by atoms with Crippen molar-refractivity contribution in [1.82, 2.24) is 20.1 Å². The Bertz CT molecular complexity index is 1160. The first kappa shape index (κ1) is 28.6. The van der Waals surface area contributed by atoms with Crippen molar-refractivity contribution in [3.05, 3.63) is 53.7 Å². The van der Waals surface area contributed by atoms with E-state index in [9.17, 15) is 29.4 Å². The fraction of sp³-hybridized carbons (Fsp3) is 0.444. The number of carbonyl (C=O) groups excluding carboxylic acids is 3. The van der Waals surface area contributed by atoms with Crippen molar-refractivity contribution in [2.45, 2.75) is 45.3 Å². The number of aliphatic carboxylic acids is 1. The van der Waals surface area contributed by atoms with Gasteiger partial charge < -0.3 is 30.1 Å². The van der Waals surface area contributed by atoms with E-state index in [2.05, 4.69) is 10.3 Å². The number of rotatable bonds is 9. The molecule has 0 aliphatic carbocycles. The number of aromatic nitrogens is 1. The van der Waals surface area contributed by atoms with E-state index in [0.29, 0.717) is 11.3 Å². The lowest BCUT2D eigenvalue weighted by atomic mass is 9.96. The fourth-order valence-electron chi connectivity index (χ4n) is 4.06. The van der Waals surface area contributed by atoms with Gasteiger partial charge in [-0.1, -0.05) is 30.3 Å². The number of hydrogen-bond donors (Lipinski definition) is 3. The molecule has 1 unspecified atom stereocenters. The second-order valence-electron chi connectivity index (χ2n) is 9.52. The highest BCUT2D eigenvalue weighted by atomic mass is 16.6. The minimum Gasteiger partial charge on any atom is -0.481 e. The SMILES string of the molecule is CCOC(=O)N1CCN(C(=O)C(CCC(=O)O)NC(=O)c2cc(C(C)(C)O)cc(-c3ccccc3)n2)CC1. The lowest BCUT2D eigenvalue weighted by molar-refractivity contribution is -0.138. The lowest BCUT2D eigenvalue weighted by Gasteiger charge is -2.36. The smallest absolute Gasteiger partial charge is 0.409 e. The number of aliphatic hydroxyl groups is 1. The van der Waals surface area contributed by atoms with Crippen molar-refractivity contribution in [2.24, 2.45) is 0 Å². The van der Waals surface area contributed by atoms with E-state index in [1.165, 1.54) is 15.9 Å². The molecule has 0 spiro atoms. The normalized spacial score (nSPS) is 14.5. The number of carbonyl (C=O) groups is 4. The molecular formula is C27H34N4O7. The van der Waals surface area contributed by atoms with Gasteiger partial charge in [-0.25, -0.2) is 9.78 Å². The number of benzene rings is 1. The van der Waals surface area contributed by atoms with Crippen LogP contribution in [0.15, 0.2) is 42.5 Å². The first-order chi connectivity index (χ1) is 18.0. The Kier molecular flexibility index (Phi) is 9.40. The summed E-state index contributed by atoms with van der Waals surface area (Å²) in [4.78, 5) is 57.3. The van der Waals surface area contributed by atoms with Gasteiger partial charge in [0.1, 0.15) is 11.7 Å². The summed E-state index contributed by atoms with van der Waals surface area (Å²) in [5, 5.41) is 22.5. The third-order valence-corrected chi connectivity index (χ3v) is 6.20. The van der Waals surface area contributed by atoms with Crippen LogP contribution in [0.25, 0.3) is 11.3 Å². The van der Waals surface area contributed by atoms with E-state index < -0.39 is 35.5 Å². The van der Waals surface area contributed by atoms with Gasteiger partial charge in [-0.3, -0.25) is 14.4 Å². The molecule has 38 heavy (non-hydrogen) atoms. The van der Waals surface area contributed by atoms with Gasteiger partial charge in [-0.2, -0.15) is 0 Å². The Balaban J connectivity index is 1.82. The third-order valence-electron chi connectivity index (χ3n) is 6.20. The fourth-order valence-corrected chi connectivity index (χ4v) is 4.06. The van der Waals surface area contributed by atoms with Crippen LogP contribution < -0.4 is 5.32 Å². The quantitative estimate of drug-likeness (QED) is 0.450. The molecule has 1 aliphatic rings. The van der Waals surface area contributed by atoms with Gasteiger partial charge >= 0.3 is 12.1 Å². The zero-order valence-electron chi connectivity index (χ0n) is 21.8. The maximum atomic E-state index is 13.3. The van der Waals surface area contributed by atoms with Crippen LogP contribution >= 0.6 is 0 Å². The summed E-state index contributed by atoms with van der Waals surface area (Å²) >= 11 is 0. The van der Waals surface area contributed by atoms with E-state index in [0.717, 1.165) is 5.56 Å². The molecule has 0 radical (unpaired) electrons. The Labute approximate surface area is 221 Å². The maximum Gasteiger partial charge on any atom is 0.409 e. The average molecular weight is 527 g/mol. The molecule has 3 N–H and O–H groups in total. The molecule has 11 heteroatoms. The second kappa shape index (κ2) is 12.5. The standard InChI is InChI=1S/C27H34N4O7/c1-4-38-26(36)31-14-12-30(13-15-31)25(35)20(10-11-23(32)33)29-24(34)22-17-19(27(2,3)37)16-21(28-22)18-8-6-5-7-9-18/h5-9,16-17,20,37H,4,10-15H2,1-3H3,(H,29,34)(H,32,33). The molecule has 1 saturated heterocycles. The van der Waals surface area contributed by atoms with Crippen molar-refractivity contribution in [2.75, 3.05) is 32.8 Å². The van der Waals surface area contributed by atoms with Crippen LogP contribution in [-0.4, -0.2) is 87.7 Å². The predicted molar refractivity (Wildman–Crippen MR) is 138 cm³/mol. The molecule has 204 valence electrons. The Morgan fingerprint density at radius 2 is 1.68 bits per heavy atom. The van der Waals surface area contributed by atoms with Crippen LogP contribution in [0.3, 0.4) is 0 Å². The molecule has 1 aliphatic heterocycles. The first-order valence-corrected chi connectivity index (χ1v) is 12.5. The minimum atomic E-state index is -1.27. The van der Waals surface area contributed by atoms with Crippen LogP contribution in [0.2, 0.25) is 0 Å².